The van der Waals surface area contributed by atoms with Crippen molar-refractivity contribution >= 4 is 0 Å². The Morgan fingerprint density at radius 3 is 2.07 bits per heavy atom. The Bertz CT molecular complexity index is 290. The van der Waals surface area contributed by atoms with Crippen LogP contribution in [-0.4, -0.2) is 6.36 Å². The minimum absolute atomic E-state index is 0.318. The Morgan fingerprint density at radius 1 is 1.21 bits per heavy atom. The predicted molar refractivity (Wildman–Crippen MR) is 42.2 cm³/mol. The van der Waals surface area contributed by atoms with Gasteiger partial charge in [-0.15, -0.1) is 13.2 Å². The van der Waals surface area contributed by atoms with Crippen LogP contribution < -0.4 is 4.74 Å². The molecule has 0 fully saturated rings. The molecule has 0 saturated heterocycles. The molecule has 1 radical (unpaired) electrons. The molecular weight excluding hydrogens is 197 g/mol. The van der Waals surface area contributed by atoms with Crippen LogP contribution in [0.4, 0.5) is 13.2 Å². The van der Waals surface area contributed by atoms with Gasteiger partial charge in [-0.3, -0.25) is 0 Å². The lowest BCUT2D eigenvalue weighted by Crippen LogP contribution is -2.17. The van der Waals surface area contributed by atoms with E-state index >= 15 is 0 Å². The lowest BCUT2D eigenvalue weighted by molar-refractivity contribution is -0.274. The first-order valence-corrected chi connectivity index (χ1v) is 3.90. The third-order valence-electron chi connectivity index (χ3n) is 1.58. The van der Waals surface area contributed by atoms with Crippen molar-refractivity contribution in [2.24, 2.45) is 0 Å². The summed E-state index contributed by atoms with van der Waals surface area (Å²) in [7, 11) is 0. The maximum absolute atomic E-state index is 11.7. The number of hydrogen-bond donors (Lipinski definition) is 0. The molecule has 14 heavy (non-hydrogen) atoms. The first-order valence-electron chi connectivity index (χ1n) is 3.90. The van der Waals surface area contributed by atoms with Gasteiger partial charge >= 0.3 is 6.36 Å². The zero-order valence-corrected chi connectivity index (χ0v) is 7.34. The molecule has 0 aliphatic heterocycles. The van der Waals surface area contributed by atoms with Crippen LogP contribution in [0.5, 0.6) is 5.75 Å². The molecule has 0 spiro atoms. The Balaban J connectivity index is 2.74. The summed E-state index contributed by atoms with van der Waals surface area (Å²) in [5.74, 6) is -0.318. The first kappa shape index (κ1) is 10.8. The molecule has 77 valence electrons. The Hall–Kier alpha value is -1.23. The summed E-state index contributed by atoms with van der Waals surface area (Å²) in [6.07, 6.45) is -5.64. The van der Waals surface area contributed by atoms with Crippen molar-refractivity contribution in [2.45, 2.75) is 19.4 Å². The van der Waals surface area contributed by atoms with E-state index in [1.165, 1.54) is 19.1 Å². The normalized spacial score (nSPS) is 13.8. The second-order valence-electron chi connectivity index (χ2n) is 2.76. The number of rotatable bonds is 2. The van der Waals surface area contributed by atoms with Gasteiger partial charge in [-0.25, -0.2) is 5.11 Å². The van der Waals surface area contributed by atoms with Crippen molar-refractivity contribution in [1.29, 1.82) is 0 Å². The molecule has 0 amide bonds. The fourth-order valence-electron chi connectivity index (χ4n) is 0.941. The molecule has 1 aromatic carbocycles. The summed E-state index contributed by atoms with van der Waals surface area (Å²) in [5, 5.41) is 10.9. The monoisotopic (exact) mass is 205 g/mol. The van der Waals surface area contributed by atoms with Crippen LogP contribution in [0.3, 0.4) is 0 Å². The molecule has 0 aliphatic rings. The summed E-state index contributed by atoms with van der Waals surface area (Å²) < 4.78 is 38.8. The van der Waals surface area contributed by atoms with Crippen molar-refractivity contribution in [3.05, 3.63) is 29.8 Å². The molecule has 1 aromatic rings. The van der Waals surface area contributed by atoms with Gasteiger partial charge in [0.2, 0.25) is 0 Å². The first-order chi connectivity index (χ1) is 6.38. The summed E-state index contributed by atoms with van der Waals surface area (Å²) in [6, 6.07) is 4.88. The predicted octanol–water partition coefficient (Wildman–Crippen LogP) is 3.08. The largest absolute Gasteiger partial charge is 0.573 e. The molecule has 1 unspecified atom stereocenters. The molecule has 2 nitrogen and oxygen atoms in total. The number of halogens is 3. The maximum atomic E-state index is 11.7. The van der Waals surface area contributed by atoms with E-state index < -0.39 is 12.5 Å². The SMILES string of the molecule is CC([O])c1ccc(OC(F)(F)F)cc1. The lowest BCUT2D eigenvalue weighted by Gasteiger charge is -2.09. The van der Waals surface area contributed by atoms with E-state index in [4.69, 9.17) is 0 Å². The van der Waals surface area contributed by atoms with Crippen molar-refractivity contribution in [3.8, 4) is 5.75 Å². The molecule has 1 atom stereocenters. The summed E-state index contributed by atoms with van der Waals surface area (Å²) in [4.78, 5) is 0. The van der Waals surface area contributed by atoms with Crippen LogP contribution in [-0.2, 0) is 5.11 Å². The van der Waals surface area contributed by atoms with E-state index in [2.05, 4.69) is 4.74 Å². The Kier molecular flexibility index (Phi) is 3.00. The summed E-state index contributed by atoms with van der Waals surface area (Å²) in [5.41, 5.74) is 0.430. The standard InChI is InChI=1S/C9H8F3O2/c1-6(13)7-2-4-8(5-3-7)14-9(10,11)12/h2-6H,1H3. The molecule has 1 rings (SSSR count). The van der Waals surface area contributed by atoms with E-state index in [9.17, 15) is 18.3 Å². The van der Waals surface area contributed by atoms with Gasteiger partial charge in [-0.1, -0.05) is 12.1 Å². The van der Waals surface area contributed by atoms with E-state index in [1.54, 1.807) is 0 Å². The molecule has 0 aromatic heterocycles. The van der Waals surface area contributed by atoms with Gasteiger partial charge in [-0.05, 0) is 24.6 Å². The Morgan fingerprint density at radius 2 is 1.71 bits per heavy atom. The van der Waals surface area contributed by atoms with Crippen molar-refractivity contribution in [3.63, 3.8) is 0 Å². The Labute approximate surface area is 78.9 Å². The number of ether oxygens (including phenoxy) is 1. The molecular formula is C9H8F3O2. The van der Waals surface area contributed by atoms with E-state index in [0.717, 1.165) is 12.1 Å². The molecule has 0 bridgehead atoms. The van der Waals surface area contributed by atoms with Crippen LogP contribution in [0.25, 0.3) is 0 Å². The maximum Gasteiger partial charge on any atom is 0.573 e. The van der Waals surface area contributed by atoms with Gasteiger partial charge in [0.1, 0.15) is 11.9 Å². The van der Waals surface area contributed by atoms with Gasteiger partial charge in [-0.2, -0.15) is 0 Å². The minimum atomic E-state index is -4.69. The molecule has 0 heterocycles. The van der Waals surface area contributed by atoms with Gasteiger partial charge in [0, 0.05) is 0 Å². The number of hydrogen-bond acceptors (Lipinski definition) is 1. The fourth-order valence-corrected chi connectivity index (χ4v) is 0.941. The average molecular weight is 205 g/mol. The van der Waals surface area contributed by atoms with E-state index in [-0.39, 0.29) is 5.75 Å². The average Bonchev–Trinajstić information content (AvgIpc) is 2.02. The van der Waals surface area contributed by atoms with Crippen molar-refractivity contribution in [1.82, 2.24) is 0 Å². The van der Waals surface area contributed by atoms with Gasteiger partial charge in [0.25, 0.3) is 0 Å². The minimum Gasteiger partial charge on any atom is -0.406 e. The van der Waals surface area contributed by atoms with Crippen LogP contribution in [0, 0.1) is 0 Å². The second-order valence-corrected chi connectivity index (χ2v) is 2.76. The summed E-state index contributed by atoms with van der Waals surface area (Å²) >= 11 is 0. The van der Waals surface area contributed by atoms with E-state index in [0.29, 0.717) is 5.56 Å². The van der Waals surface area contributed by atoms with Crippen LogP contribution in [0.15, 0.2) is 24.3 Å². The summed E-state index contributed by atoms with van der Waals surface area (Å²) in [6.45, 7) is 1.42. The van der Waals surface area contributed by atoms with Crippen LogP contribution >= 0.6 is 0 Å². The highest BCUT2D eigenvalue weighted by Gasteiger charge is 2.30. The van der Waals surface area contributed by atoms with Crippen molar-refractivity contribution < 1.29 is 23.0 Å². The molecule has 5 heteroatoms. The van der Waals surface area contributed by atoms with Gasteiger partial charge < -0.3 is 4.74 Å². The van der Waals surface area contributed by atoms with Crippen molar-refractivity contribution in [2.75, 3.05) is 0 Å². The topological polar surface area (TPSA) is 29.1 Å². The lowest BCUT2D eigenvalue weighted by atomic mass is 10.1. The van der Waals surface area contributed by atoms with Crippen LogP contribution in [0.1, 0.15) is 18.6 Å². The van der Waals surface area contributed by atoms with E-state index in [1.807, 2.05) is 0 Å². The highest BCUT2D eigenvalue weighted by molar-refractivity contribution is 5.28. The molecule has 0 saturated carbocycles. The van der Waals surface area contributed by atoms with Gasteiger partial charge in [0.15, 0.2) is 0 Å². The smallest absolute Gasteiger partial charge is 0.406 e. The number of benzene rings is 1. The third kappa shape index (κ3) is 3.26. The molecule has 0 N–H and O–H groups in total. The fraction of sp³-hybridized carbons (Fsp3) is 0.333. The zero-order chi connectivity index (χ0) is 10.8. The van der Waals surface area contributed by atoms with Crippen LogP contribution in [0.2, 0.25) is 0 Å². The molecule has 0 aliphatic carbocycles. The zero-order valence-electron chi connectivity index (χ0n) is 7.34. The second kappa shape index (κ2) is 3.88. The highest BCUT2D eigenvalue weighted by atomic mass is 19.4. The highest BCUT2D eigenvalue weighted by Crippen LogP contribution is 2.24. The number of alkyl halides is 3. The third-order valence-corrected chi connectivity index (χ3v) is 1.58. The van der Waals surface area contributed by atoms with Gasteiger partial charge in [0.05, 0.1) is 0 Å². The quantitative estimate of drug-likeness (QED) is 0.729.